The zero-order chi connectivity index (χ0) is 11.9. The van der Waals surface area contributed by atoms with Gasteiger partial charge in [-0.15, -0.1) is 0 Å². The van der Waals surface area contributed by atoms with Crippen LogP contribution in [0.15, 0.2) is 5.16 Å². The van der Waals surface area contributed by atoms with Crippen LogP contribution in [0.4, 0.5) is 0 Å². The Balaban J connectivity index is 4.14. The molecule has 0 radical (unpaired) electrons. The van der Waals surface area contributed by atoms with Gasteiger partial charge in [-0.3, -0.25) is 0 Å². The summed E-state index contributed by atoms with van der Waals surface area (Å²) in [6.07, 6.45) is 0. The molecule has 0 saturated carbocycles. The minimum absolute atomic E-state index is 0.120. The van der Waals surface area contributed by atoms with Gasteiger partial charge in [-0.2, -0.15) is 0 Å². The summed E-state index contributed by atoms with van der Waals surface area (Å²) in [5.74, 6) is -0.334. The fourth-order valence-electron chi connectivity index (χ4n) is 0.788. The van der Waals surface area contributed by atoms with Crippen LogP contribution in [0.25, 0.3) is 0 Å². The van der Waals surface area contributed by atoms with E-state index in [-0.39, 0.29) is 18.2 Å². The fourth-order valence-corrected chi connectivity index (χ4v) is 1.90. The third-order valence-corrected chi connectivity index (χ3v) is 3.03. The van der Waals surface area contributed by atoms with Gasteiger partial charge in [0.15, 0.2) is 5.84 Å². The molecule has 0 bridgehead atoms. The Labute approximate surface area is 89.3 Å². The Bertz CT molecular complexity index is 301. The quantitative estimate of drug-likeness (QED) is 0.175. The van der Waals surface area contributed by atoms with Crippen molar-refractivity contribution in [3.63, 3.8) is 0 Å². The van der Waals surface area contributed by atoms with E-state index in [1.807, 2.05) is 0 Å². The van der Waals surface area contributed by atoms with Crippen LogP contribution in [0, 0.1) is 0 Å². The average molecular weight is 239 g/mol. The summed E-state index contributed by atoms with van der Waals surface area (Å²) in [6.45, 7) is 3.84. The largest absolute Gasteiger partial charge is 0.409 e. The molecule has 90 valence electrons. The summed E-state index contributed by atoms with van der Waals surface area (Å²) in [7, 11) is -3.46. The molecule has 0 saturated heterocycles. The first-order valence-electron chi connectivity index (χ1n) is 4.48. The van der Waals surface area contributed by atoms with Crippen LogP contribution in [0.1, 0.15) is 13.8 Å². The highest BCUT2D eigenvalue weighted by Crippen LogP contribution is 1.91. The molecule has 7 nitrogen and oxygen atoms in total. The number of amidine groups is 1. The second-order valence-corrected chi connectivity index (χ2v) is 4.75. The van der Waals surface area contributed by atoms with Crippen LogP contribution in [0.2, 0.25) is 0 Å². The highest BCUT2D eigenvalue weighted by atomic mass is 32.2. The Hall–Kier alpha value is -0.860. The maximum atomic E-state index is 11.4. The summed E-state index contributed by atoms with van der Waals surface area (Å²) < 4.78 is 29.9. The van der Waals surface area contributed by atoms with Crippen molar-refractivity contribution in [2.24, 2.45) is 10.9 Å². The number of nitrogens with zero attached hydrogens (tertiary/aromatic N) is 1. The summed E-state index contributed by atoms with van der Waals surface area (Å²) in [6, 6.07) is -0.735. The Morgan fingerprint density at radius 2 is 2.27 bits per heavy atom. The van der Waals surface area contributed by atoms with E-state index in [2.05, 4.69) is 9.88 Å². The van der Waals surface area contributed by atoms with Gasteiger partial charge in [0, 0.05) is 6.61 Å². The van der Waals surface area contributed by atoms with Gasteiger partial charge >= 0.3 is 0 Å². The lowest BCUT2D eigenvalue weighted by Crippen LogP contribution is -2.43. The number of hydrogen-bond acceptors (Lipinski definition) is 5. The van der Waals surface area contributed by atoms with Gasteiger partial charge in [-0.25, -0.2) is 13.1 Å². The minimum Gasteiger partial charge on any atom is -0.409 e. The van der Waals surface area contributed by atoms with Gasteiger partial charge in [0.05, 0.1) is 18.4 Å². The summed E-state index contributed by atoms with van der Waals surface area (Å²) in [5.41, 5.74) is 5.22. The van der Waals surface area contributed by atoms with E-state index < -0.39 is 16.1 Å². The predicted octanol–water partition coefficient (Wildman–Crippen LogP) is -0.923. The molecule has 1 atom stereocenters. The molecule has 1 unspecified atom stereocenters. The number of ether oxygens (including phenoxy) is 1. The van der Waals surface area contributed by atoms with Gasteiger partial charge in [0.1, 0.15) is 0 Å². The number of sulfonamides is 1. The molecule has 0 aliphatic rings. The summed E-state index contributed by atoms with van der Waals surface area (Å²) in [4.78, 5) is 0. The van der Waals surface area contributed by atoms with Gasteiger partial charge in [0.2, 0.25) is 10.0 Å². The van der Waals surface area contributed by atoms with E-state index in [0.717, 1.165) is 0 Å². The standard InChI is InChI=1S/C7H17N3O4S/c1-3-14-4-5-15(12,13)10-6(2)7(8)9-11/h6,10-11H,3-5H2,1-2H3,(H2,8,9). The summed E-state index contributed by atoms with van der Waals surface area (Å²) >= 11 is 0. The van der Waals surface area contributed by atoms with E-state index in [0.29, 0.717) is 6.61 Å². The van der Waals surface area contributed by atoms with E-state index >= 15 is 0 Å². The van der Waals surface area contributed by atoms with E-state index in [9.17, 15) is 8.42 Å². The highest BCUT2D eigenvalue weighted by molar-refractivity contribution is 7.89. The molecular formula is C7H17N3O4S. The third-order valence-electron chi connectivity index (χ3n) is 1.62. The lowest BCUT2D eigenvalue weighted by Gasteiger charge is -2.12. The van der Waals surface area contributed by atoms with Gasteiger partial charge in [0.25, 0.3) is 0 Å². The maximum absolute atomic E-state index is 11.4. The first-order chi connectivity index (χ1) is 6.93. The number of rotatable bonds is 7. The van der Waals surface area contributed by atoms with Crippen LogP contribution in [-0.4, -0.2) is 44.5 Å². The molecule has 0 heterocycles. The second-order valence-electron chi connectivity index (χ2n) is 2.88. The Morgan fingerprint density at radius 3 is 2.73 bits per heavy atom. The molecule has 0 fully saturated rings. The molecule has 8 heteroatoms. The average Bonchev–Trinajstić information content (AvgIpc) is 2.16. The topological polar surface area (TPSA) is 114 Å². The monoisotopic (exact) mass is 239 g/mol. The molecule has 0 amide bonds. The van der Waals surface area contributed by atoms with E-state index in [1.54, 1.807) is 6.92 Å². The molecule has 4 N–H and O–H groups in total. The lowest BCUT2D eigenvalue weighted by molar-refractivity contribution is 0.163. The molecule has 0 aliphatic carbocycles. The van der Waals surface area contributed by atoms with Crippen LogP contribution >= 0.6 is 0 Å². The van der Waals surface area contributed by atoms with Gasteiger partial charge < -0.3 is 15.7 Å². The van der Waals surface area contributed by atoms with Crippen molar-refractivity contribution in [2.45, 2.75) is 19.9 Å². The van der Waals surface area contributed by atoms with Crippen molar-refractivity contribution in [1.82, 2.24) is 4.72 Å². The van der Waals surface area contributed by atoms with Crippen molar-refractivity contribution in [3.8, 4) is 0 Å². The van der Waals surface area contributed by atoms with Gasteiger partial charge in [-0.1, -0.05) is 5.16 Å². The van der Waals surface area contributed by atoms with Crippen LogP contribution in [-0.2, 0) is 14.8 Å². The zero-order valence-electron chi connectivity index (χ0n) is 8.80. The number of hydrogen-bond donors (Lipinski definition) is 3. The second kappa shape index (κ2) is 6.59. The predicted molar refractivity (Wildman–Crippen MR) is 56.3 cm³/mol. The fraction of sp³-hybridized carbons (Fsp3) is 0.857. The van der Waals surface area contributed by atoms with Crippen molar-refractivity contribution < 1.29 is 18.4 Å². The SMILES string of the molecule is CCOCCS(=O)(=O)NC(C)C(N)=NO. The molecule has 0 aromatic rings. The van der Waals surface area contributed by atoms with Crippen molar-refractivity contribution >= 4 is 15.9 Å². The lowest BCUT2D eigenvalue weighted by atomic mass is 10.3. The maximum Gasteiger partial charge on any atom is 0.214 e. The Kier molecular flexibility index (Phi) is 6.21. The number of nitrogens with one attached hydrogen (secondary N) is 1. The van der Waals surface area contributed by atoms with Gasteiger partial charge in [-0.05, 0) is 13.8 Å². The van der Waals surface area contributed by atoms with Crippen LogP contribution < -0.4 is 10.5 Å². The normalized spacial score (nSPS) is 15.2. The van der Waals surface area contributed by atoms with Crippen molar-refractivity contribution in [3.05, 3.63) is 0 Å². The molecule has 0 aliphatic heterocycles. The molecule has 0 spiro atoms. The molecule has 0 aromatic heterocycles. The number of nitrogens with two attached hydrogens (primary N) is 1. The molecule has 15 heavy (non-hydrogen) atoms. The van der Waals surface area contributed by atoms with Crippen LogP contribution in [0.3, 0.4) is 0 Å². The smallest absolute Gasteiger partial charge is 0.214 e. The highest BCUT2D eigenvalue weighted by Gasteiger charge is 2.16. The molecular weight excluding hydrogens is 222 g/mol. The molecule has 0 aromatic carbocycles. The zero-order valence-corrected chi connectivity index (χ0v) is 9.62. The molecule has 0 rings (SSSR count). The first kappa shape index (κ1) is 14.1. The number of oxime groups is 1. The van der Waals surface area contributed by atoms with E-state index in [1.165, 1.54) is 6.92 Å². The van der Waals surface area contributed by atoms with Crippen molar-refractivity contribution in [2.75, 3.05) is 19.0 Å². The first-order valence-corrected chi connectivity index (χ1v) is 6.13. The summed E-state index contributed by atoms with van der Waals surface area (Å²) in [5, 5.41) is 11.0. The minimum atomic E-state index is -3.46. The van der Waals surface area contributed by atoms with Crippen molar-refractivity contribution in [1.29, 1.82) is 0 Å². The third kappa shape index (κ3) is 6.26. The Morgan fingerprint density at radius 1 is 1.67 bits per heavy atom. The van der Waals surface area contributed by atoms with Crippen LogP contribution in [0.5, 0.6) is 0 Å². The van der Waals surface area contributed by atoms with E-state index in [4.69, 9.17) is 15.7 Å².